The molecule has 1 rings (SSSR count). The maximum atomic E-state index is 12.3. The molecule has 0 aliphatic rings. The Balaban J connectivity index is 3.33. The van der Waals surface area contributed by atoms with Gasteiger partial charge in [-0.05, 0) is 12.0 Å². The molecule has 0 spiro atoms. The number of amides is 1. The second kappa shape index (κ2) is 7.05. The van der Waals surface area contributed by atoms with Gasteiger partial charge in [-0.2, -0.15) is 26.9 Å². The summed E-state index contributed by atoms with van der Waals surface area (Å²) in [4.78, 5) is 14.3. The Morgan fingerprint density at radius 3 is 2.57 bits per heavy atom. The van der Waals surface area contributed by atoms with E-state index in [2.05, 4.69) is 9.17 Å². The first-order valence-corrected chi connectivity index (χ1v) is 8.27. The SMILES string of the molecule is CCc1cc(OS(=O)(=O)C(F)(F)F)nc(SCC(N)=O)c1C#N. The minimum absolute atomic E-state index is 0.00973. The van der Waals surface area contributed by atoms with Crippen LogP contribution in [0.2, 0.25) is 0 Å². The topological polar surface area (TPSA) is 123 Å². The largest absolute Gasteiger partial charge is 0.534 e. The van der Waals surface area contributed by atoms with Crippen LogP contribution in [0.1, 0.15) is 18.1 Å². The van der Waals surface area contributed by atoms with Crippen molar-refractivity contribution >= 4 is 27.8 Å². The fourth-order valence-electron chi connectivity index (χ4n) is 1.39. The Bertz CT molecular complexity index is 757. The van der Waals surface area contributed by atoms with Crippen LogP contribution in [-0.4, -0.2) is 30.6 Å². The Hall–Kier alpha value is -2.00. The lowest BCUT2D eigenvalue weighted by Crippen LogP contribution is -2.28. The highest BCUT2D eigenvalue weighted by Gasteiger charge is 2.49. The molecular weight excluding hydrogens is 359 g/mol. The van der Waals surface area contributed by atoms with E-state index in [1.165, 1.54) is 0 Å². The van der Waals surface area contributed by atoms with E-state index in [1.54, 1.807) is 13.0 Å². The van der Waals surface area contributed by atoms with Gasteiger partial charge in [-0.25, -0.2) is 4.98 Å². The summed E-state index contributed by atoms with van der Waals surface area (Å²) in [6, 6.07) is 2.72. The molecule has 23 heavy (non-hydrogen) atoms. The monoisotopic (exact) mass is 369 g/mol. The first kappa shape index (κ1) is 19.0. The molecule has 1 aromatic rings. The predicted octanol–water partition coefficient (Wildman–Crippen LogP) is 1.32. The fraction of sp³-hybridized carbons (Fsp3) is 0.364. The van der Waals surface area contributed by atoms with Crippen LogP contribution in [0.4, 0.5) is 13.2 Å². The van der Waals surface area contributed by atoms with E-state index in [4.69, 9.17) is 11.0 Å². The highest BCUT2D eigenvalue weighted by molar-refractivity contribution is 8.00. The van der Waals surface area contributed by atoms with E-state index in [-0.39, 0.29) is 28.3 Å². The molecule has 0 atom stereocenters. The normalized spacial score (nSPS) is 11.8. The molecule has 0 saturated carbocycles. The number of nitrogens with two attached hydrogens (primary N) is 1. The van der Waals surface area contributed by atoms with E-state index in [0.717, 1.165) is 6.07 Å². The van der Waals surface area contributed by atoms with Gasteiger partial charge in [0.25, 0.3) is 0 Å². The van der Waals surface area contributed by atoms with Crippen molar-refractivity contribution in [2.24, 2.45) is 5.73 Å². The van der Waals surface area contributed by atoms with Crippen LogP contribution in [0.5, 0.6) is 5.88 Å². The van der Waals surface area contributed by atoms with Crippen molar-refractivity contribution in [3.8, 4) is 11.9 Å². The number of nitrogens with zero attached hydrogens (tertiary/aromatic N) is 2. The van der Waals surface area contributed by atoms with E-state index in [0.29, 0.717) is 11.8 Å². The van der Waals surface area contributed by atoms with Crippen LogP contribution < -0.4 is 9.92 Å². The summed E-state index contributed by atoms with van der Waals surface area (Å²) in [6.45, 7) is 1.60. The number of hydrogen-bond donors (Lipinski definition) is 1. The number of primary amides is 1. The molecule has 1 aromatic heterocycles. The average molecular weight is 369 g/mol. The van der Waals surface area contributed by atoms with Crippen molar-refractivity contribution < 1.29 is 30.6 Å². The van der Waals surface area contributed by atoms with Gasteiger partial charge in [0.1, 0.15) is 11.1 Å². The number of alkyl halides is 3. The lowest BCUT2D eigenvalue weighted by Gasteiger charge is -2.12. The van der Waals surface area contributed by atoms with Crippen molar-refractivity contribution in [2.45, 2.75) is 23.9 Å². The van der Waals surface area contributed by atoms with E-state index < -0.39 is 27.4 Å². The standard InChI is InChI=1S/C11H10F3N3O4S2/c1-2-6-3-9(21-23(19,20)11(12,13)14)17-10(7(6)4-15)22-5-8(16)18/h3H,2,5H2,1H3,(H2,16,18). The van der Waals surface area contributed by atoms with Gasteiger partial charge in [-0.15, -0.1) is 0 Å². The van der Waals surface area contributed by atoms with Crippen LogP contribution in [0, 0.1) is 11.3 Å². The number of pyridine rings is 1. The van der Waals surface area contributed by atoms with Gasteiger partial charge in [0.2, 0.25) is 11.8 Å². The molecule has 0 aromatic carbocycles. The van der Waals surface area contributed by atoms with E-state index in [9.17, 15) is 26.4 Å². The number of carbonyl (C=O) groups excluding carboxylic acids is 1. The van der Waals surface area contributed by atoms with Gasteiger partial charge in [-0.3, -0.25) is 4.79 Å². The van der Waals surface area contributed by atoms with Gasteiger partial charge < -0.3 is 9.92 Å². The number of rotatable bonds is 6. The third-order valence-electron chi connectivity index (χ3n) is 2.37. The molecule has 1 amide bonds. The fourth-order valence-corrected chi connectivity index (χ4v) is 2.55. The third kappa shape index (κ3) is 4.73. The summed E-state index contributed by atoms with van der Waals surface area (Å²) >= 11 is 0.693. The Morgan fingerprint density at radius 2 is 2.13 bits per heavy atom. The molecule has 12 heteroatoms. The Morgan fingerprint density at radius 1 is 1.52 bits per heavy atom. The third-order valence-corrected chi connectivity index (χ3v) is 4.32. The van der Waals surface area contributed by atoms with Crippen molar-refractivity contribution in [1.82, 2.24) is 4.98 Å². The lowest BCUT2D eigenvalue weighted by molar-refractivity contribution is -0.115. The van der Waals surface area contributed by atoms with Crippen LogP contribution in [0.3, 0.4) is 0 Å². The molecule has 0 radical (unpaired) electrons. The summed E-state index contributed by atoms with van der Waals surface area (Å²) < 4.78 is 63.0. The molecule has 2 N–H and O–H groups in total. The molecule has 126 valence electrons. The highest BCUT2D eigenvalue weighted by Crippen LogP contribution is 2.30. The maximum Gasteiger partial charge on any atom is 0.534 e. The zero-order valence-electron chi connectivity index (χ0n) is 11.5. The molecule has 0 fully saturated rings. The number of nitriles is 1. The van der Waals surface area contributed by atoms with Gasteiger partial charge in [-0.1, -0.05) is 18.7 Å². The summed E-state index contributed by atoms with van der Waals surface area (Å²) in [5.74, 6) is -1.88. The number of carbonyl (C=O) groups is 1. The second-order valence-electron chi connectivity index (χ2n) is 4.00. The number of aryl methyl sites for hydroxylation is 1. The van der Waals surface area contributed by atoms with Crippen molar-refractivity contribution in [3.05, 3.63) is 17.2 Å². The number of hydrogen-bond acceptors (Lipinski definition) is 7. The van der Waals surface area contributed by atoms with Crippen LogP contribution in [0.15, 0.2) is 11.1 Å². The van der Waals surface area contributed by atoms with Crippen molar-refractivity contribution in [2.75, 3.05) is 5.75 Å². The first-order valence-electron chi connectivity index (χ1n) is 5.87. The maximum absolute atomic E-state index is 12.3. The zero-order valence-corrected chi connectivity index (χ0v) is 13.2. The van der Waals surface area contributed by atoms with Crippen LogP contribution in [0.25, 0.3) is 0 Å². The van der Waals surface area contributed by atoms with Crippen molar-refractivity contribution in [3.63, 3.8) is 0 Å². The van der Waals surface area contributed by atoms with Gasteiger partial charge >= 0.3 is 15.6 Å². The Labute approximate surface area is 133 Å². The minimum Gasteiger partial charge on any atom is -0.369 e. The average Bonchev–Trinajstić information content (AvgIpc) is 2.42. The summed E-state index contributed by atoms with van der Waals surface area (Å²) in [6.07, 6.45) is 0.206. The van der Waals surface area contributed by atoms with E-state index >= 15 is 0 Å². The smallest absolute Gasteiger partial charge is 0.369 e. The molecule has 0 aliphatic carbocycles. The molecule has 1 heterocycles. The van der Waals surface area contributed by atoms with Gasteiger partial charge in [0, 0.05) is 6.07 Å². The minimum atomic E-state index is -5.89. The quantitative estimate of drug-likeness (QED) is 0.456. The number of thioether (sulfide) groups is 1. The van der Waals surface area contributed by atoms with E-state index in [1.807, 2.05) is 0 Å². The zero-order chi connectivity index (χ0) is 17.8. The predicted molar refractivity (Wildman–Crippen MR) is 73.9 cm³/mol. The Kier molecular flexibility index (Phi) is 5.84. The second-order valence-corrected chi connectivity index (χ2v) is 6.51. The summed E-state index contributed by atoms with van der Waals surface area (Å²) in [5.41, 5.74) is -0.429. The summed E-state index contributed by atoms with van der Waals surface area (Å²) in [5, 5.41) is 8.95. The van der Waals surface area contributed by atoms with Gasteiger partial charge in [0.15, 0.2) is 0 Å². The molecule has 7 nitrogen and oxygen atoms in total. The van der Waals surface area contributed by atoms with Crippen LogP contribution >= 0.6 is 11.8 Å². The molecule has 0 aliphatic heterocycles. The summed E-state index contributed by atoms with van der Waals surface area (Å²) in [7, 11) is -5.89. The number of halogens is 3. The lowest BCUT2D eigenvalue weighted by atomic mass is 10.1. The van der Waals surface area contributed by atoms with Crippen LogP contribution in [-0.2, 0) is 21.3 Å². The molecular formula is C11H10F3N3O4S2. The molecule has 0 saturated heterocycles. The molecule has 0 unspecified atom stereocenters. The van der Waals surface area contributed by atoms with Crippen molar-refractivity contribution in [1.29, 1.82) is 5.26 Å². The first-order chi connectivity index (χ1) is 10.5. The highest BCUT2D eigenvalue weighted by atomic mass is 32.2. The van der Waals surface area contributed by atoms with Gasteiger partial charge in [0.05, 0.1) is 11.3 Å². The molecule has 0 bridgehead atoms. The number of aromatic nitrogens is 1.